The summed E-state index contributed by atoms with van der Waals surface area (Å²) < 4.78 is 123. The van der Waals surface area contributed by atoms with E-state index < -0.39 is 137 Å². The van der Waals surface area contributed by atoms with Crippen molar-refractivity contribution in [3.05, 3.63) is 250 Å². The van der Waals surface area contributed by atoms with Crippen molar-refractivity contribution in [1.29, 1.82) is 0 Å². The number of nitrogens with one attached hydrogen (secondary N) is 4. The lowest BCUT2D eigenvalue weighted by Crippen LogP contribution is -2.48. The predicted molar refractivity (Wildman–Crippen MR) is 556 cm³/mol. The fourth-order valence-corrected chi connectivity index (χ4v) is 22.2. The normalized spacial score (nSPS) is 20.9. The van der Waals surface area contributed by atoms with Gasteiger partial charge in [-0.2, -0.15) is 11.8 Å². The number of amidine groups is 4. The van der Waals surface area contributed by atoms with Gasteiger partial charge in [-0.15, -0.1) is 45.3 Å². The molecule has 0 bridgehead atoms. The van der Waals surface area contributed by atoms with E-state index in [0.29, 0.717) is 168 Å². The summed E-state index contributed by atoms with van der Waals surface area (Å²) in [5, 5.41) is 58.8. The molecule has 3 unspecified atom stereocenters. The van der Waals surface area contributed by atoms with Gasteiger partial charge < -0.3 is 74.9 Å². The first-order valence-corrected chi connectivity index (χ1v) is 53.6. The van der Waals surface area contributed by atoms with Gasteiger partial charge >= 0.3 is 47.8 Å². The Bertz CT molecular complexity index is 6430. The van der Waals surface area contributed by atoms with Crippen LogP contribution in [0.15, 0.2) is 184 Å². The zero-order chi connectivity index (χ0) is 108. The minimum absolute atomic E-state index is 0.00133. The Morgan fingerprint density at radius 3 is 1.11 bits per heavy atom. The highest BCUT2D eigenvalue weighted by atomic mass is 35.5. The van der Waals surface area contributed by atoms with Crippen LogP contribution in [0.2, 0.25) is 20.1 Å². The minimum atomic E-state index is -3.35. The third-order valence-electron chi connectivity index (χ3n) is 25.5. The number of benzene rings is 4. The van der Waals surface area contributed by atoms with Crippen LogP contribution in [0.1, 0.15) is 146 Å². The van der Waals surface area contributed by atoms with Crippen LogP contribution in [0.3, 0.4) is 0 Å². The van der Waals surface area contributed by atoms with Crippen molar-refractivity contribution >= 4 is 175 Å². The topological polar surface area (TPSA) is 444 Å². The van der Waals surface area contributed by atoms with Crippen LogP contribution >= 0.6 is 104 Å². The molecule has 150 heavy (non-hydrogen) atoms. The Morgan fingerprint density at radius 1 is 0.467 bits per heavy atom. The molecule has 35 nitrogen and oxygen atoms in total. The van der Waals surface area contributed by atoms with Gasteiger partial charge in [0.15, 0.2) is 43.4 Å². The average molecular weight is 2260 g/mol. The second-order valence-corrected chi connectivity index (χ2v) is 42.6. The van der Waals surface area contributed by atoms with E-state index in [1.165, 1.54) is 122 Å². The number of aromatic nitrogens is 4. The molecular formula is C100H110Cl4F6N16O19S5. The number of carbonyl (C=O) groups excluding carboxylic acids is 4. The summed E-state index contributed by atoms with van der Waals surface area (Å²) in [4.78, 5) is 142. The third kappa shape index (κ3) is 30.0. The van der Waals surface area contributed by atoms with Crippen molar-refractivity contribution in [1.82, 2.24) is 60.8 Å². The summed E-state index contributed by atoms with van der Waals surface area (Å²) in [5.74, 6) is -10.00. The van der Waals surface area contributed by atoms with Crippen LogP contribution in [0, 0.1) is 40.5 Å². The smallest absolute Gasteiger partial charge is 0.338 e. The number of rotatable bonds is 36. The SMILES string of the molecule is COC(=O)C1=C(CN2CCOC(CC(C)(C)C(=O)O)C2)NC(c2nccs2)=N[C@H]1c1cccc(F)c1Cl.COC(=O)C1=C(CN2CCO[C@H](CCC(F)(F)CC(=O)O)C2)NC(c2nccs2)=N[C@H]1c1cccc(F)c1Cl.COC(=O)C1=C(CN2CCO[C@H](CCCC(C)C(=O)O)C2)NC(c2nccs2)=N[C@H]1c1cccc(F)c1Cl.COC(=O)C1=C(CN2CCSC[C@H]2CC(C)C(=O)O)NC(c2nccs2)=N[C@H]1c1cccc(F)c1Cl. The van der Waals surface area contributed by atoms with E-state index in [2.05, 4.69) is 60.9 Å². The van der Waals surface area contributed by atoms with Crippen molar-refractivity contribution in [3.8, 4) is 0 Å². The largest absolute Gasteiger partial charge is 0.481 e. The number of morpholine rings is 3. The second kappa shape index (κ2) is 53.9. The first-order chi connectivity index (χ1) is 71.7. The molecule has 4 fully saturated rings. The van der Waals surface area contributed by atoms with E-state index in [9.17, 15) is 74.9 Å². The lowest BCUT2D eigenvalue weighted by molar-refractivity contribution is -0.150. The second-order valence-electron chi connectivity index (χ2n) is 36.4. The van der Waals surface area contributed by atoms with Gasteiger partial charge in [-0.25, -0.2) is 65.5 Å². The molecule has 8 N–H and O–H groups in total. The van der Waals surface area contributed by atoms with Gasteiger partial charge in [0.2, 0.25) is 0 Å². The maximum atomic E-state index is 14.4. The minimum Gasteiger partial charge on any atom is -0.481 e. The predicted octanol–water partition coefficient (Wildman–Crippen LogP) is 15.7. The maximum Gasteiger partial charge on any atom is 0.338 e. The number of methoxy groups -OCH3 is 4. The number of nitrogens with zero attached hydrogens (tertiary/aromatic N) is 12. The zero-order valence-electron chi connectivity index (χ0n) is 82.4. The summed E-state index contributed by atoms with van der Waals surface area (Å²) >= 11 is 32.5. The molecule has 4 aromatic carbocycles. The molecule has 0 spiro atoms. The Balaban J connectivity index is 0.000000167. The molecule has 4 saturated heterocycles. The van der Waals surface area contributed by atoms with Gasteiger partial charge in [-0.1, -0.05) is 109 Å². The fraction of sp³-hybridized carbons (Fsp3) is 0.440. The highest BCUT2D eigenvalue weighted by Gasteiger charge is 2.44. The van der Waals surface area contributed by atoms with Crippen LogP contribution in [-0.4, -0.2) is 293 Å². The van der Waals surface area contributed by atoms with Crippen molar-refractivity contribution in [2.24, 2.45) is 37.2 Å². The molecular weight excluding hydrogens is 2150 g/mol. The van der Waals surface area contributed by atoms with E-state index in [1.54, 1.807) is 99.3 Å². The summed E-state index contributed by atoms with van der Waals surface area (Å²) in [6.07, 6.45) is 6.58. The molecule has 804 valence electrons. The number of ether oxygens (including phenoxy) is 7. The lowest BCUT2D eigenvalue weighted by Gasteiger charge is -2.38. The fourth-order valence-electron chi connectivity index (χ4n) is 17.8. The maximum absolute atomic E-state index is 14.4. The Morgan fingerprint density at radius 2 is 0.793 bits per heavy atom. The Hall–Kier alpha value is -11.2. The molecule has 8 aliphatic rings. The van der Waals surface area contributed by atoms with Gasteiger partial charge in [0.05, 0.1) is 126 Å². The molecule has 50 heteroatoms. The first-order valence-electron chi connectivity index (χ1n) is 47.4. The Labute approximate surface area is 899 Å². The number of thioether (sulfide) groups is 1. The van der Waals surface area contributed by atoms with E-state index >= 15 is 0 Å². The average Bonchev–Trinajstić information content (AvgIpc) is 1.09. The molecule has 8 aromatic rings. The number of hydrogen-bond acceptors (Lipinski definition) is 36. The quantitative estimate of drug-likeness (QED) is 0.0103. The van der Waals surface area contributed by atoms with E-state index in [1.807, 2.05) is 15.7 Å². The van der Waals surface area contributed by atoms with Crippen molar-refractivity contribution in [2.45, 2.75) is 134 Å². The monoisotopic (exact) mass is 2250 g/mol. The van der Waals surface area contributed by atoms with Crippen LogP contribution < -0.4 is 21.3 Å². The number of carboxylic acid groups (broad SMARTS) is 4. The molecule has 8 aliphatic heterocycles. The summed E-state index contributed by atoms with van der Waals surface area (Å²) in [6, 6.07) is 13.8. The summed E-state index contributed by atoms with van der Waals surface area (Å²) in [6.45, 7) is 12.8. The van der Waals surface area contributed by atoms with Crippen molar-refractivity contribution in [2.75, 3.05) is 132 Å². The summed E-state index contributed by atoms with van der Waals surface area (Å²) in [7, 11) is 5.07. The van der Waals surface area contributed by atoms with Crippen molar-refractivity contribution < 1.29 is 118 Å². The zero-order valence-corrected chi connectivity index (χ0v) is 89.5. The molecule has 4 aromatic heterocycles. The number of aliphatic imine (C=N–C) groups is 4. The molecule has 12 heterocycles. The van der Waals surface area contributed by atoms with Crippen LogP contribution in [0.25, 0.3) is 0 Å². The van der Waals surface area contributed by atoms with Crippen LogP contribution in [0.4, 0.5) is 26.3 Å². The van der Waals surface area contributed by atoms with Gasteiger partial charge in [0.25, 0.3) is 5.92 Å². The molecule has 10 atom stereocenters. The number of hydrogen-bond donors (Lipinski definition) is 8. The van der Waals surface area contributed by atoms with Gasteiger partial charge in [0, 0.05) is 187 Å². The van der Waals surface area contributed by atoms with E-state index in [-0.39, 0.29) is 92.3 Å². The molecule has 16 rings (SSSR count). The first kappa shape index (κ1) is 116. The van der Waals surface area contributed by atoms with Crippen LogP contribution in [-0.2, 0) is 71.5 Å². The highest BCUT2D eigenvalue weighted by Crippen LogP contribution is 2.45. The number of thiazole rings is 4. The van der Waals surface area contributed by atoms with Gasteiger partial charge in [-0.3, -0.25) is 58.7 Å². The standard InChI is InChI=1S/C26H30ClFN4O5S.C25H26ClF3N4O5S.C25H28ClFN4O5S.C24H26ClFN4O4S2/c1-15(25(33)34)5-3-6-16-13-32(10-11-37-16)14-19-20(26(35)36-2)22(17-7-4-8-18(28)21(17)27)31-23(30-19)24-29-9-12-38-24;1-37-24(36)19-17(13-33-8-9-38-14(12-33)5-6-25(28,29)11-18(34)35)31-22(23-30-7-10-39-23)32-21(19)15-3-2-4-16(27)20(15)26;1-25(2,24(33)34)11-14-12-31(8-9-36-14)13-17-18(23(32)35-3)20(15-5-4-6-16(27)19(15)26)30-21(29-17)22-28-7-10-37-22;1-13(23(31)32)10-14-12-35-9-7-30(14)11-17-18(24(33)34-2)20(15-4-3-5-16(26)19(15)25)29-21(28-17)22-27-6-8-36-22/h4,7-9,12,15-16,22H,3,5-6,10-11,13-14H2,1-2H3,(H,30,31)(H,33,34);2-4,7,10,14,21H,5-6,8-9,11-13H2,1H3,(H,31,32)(H,34,35);4-7,10,14,20H,8-9,11-13H2,1-3H3,(H,29,30)(H,33,34);3-6,8,13-14,20H,7,9-12H2,1-2H3,(H,28,29)(H,31,32)/t15?,16-,22+;14-,21+;14?,20-;13?,14-,20+/m1101/s1. The molecule has 0 radical (unpaired) electrons. The molecule has 0 amide bonds. The molecule has 0 aliphatic carbocycles. The summed E-state index contributed by atoms with van der Waals surface area (Å²) in [5.41, 5.74) is 3.23. The highest BCUT2D eigenvalue weighted by molar-refractivity contribution is 7.99. The van der Waals surface area contributed by atoms with Gasteiger partial charge in [-0.05, 0) is 76.6 Å². The lowest BCUT2D eigenvalue weighted by atomic mass is 9.86. The number of carbonyl (C=O) groups is 8. The Kier molecular flexibility index (Phi) is 41.6. The number of esters is 4. The van der Waals surface area contributed by atoms with Gasteiger partial charge in [0.1, 0.15) is 53.9 Å². The third-order valence-corrected chi connectivity index (χ3v) is 31.3. The number of halogens is 10. The molecule has 0 saturated carbocycles. The number of aliphatic carboxylic acids is 4. The van der Waals surface area contributed by atoms with Crippen LogP contribution in [0.5, 0.6) is 0 Å². The number of alkyl halides is 2. The number of carboxylic acids is 4. The van der Waals surface area contributed by atoms with E-state index in [4.69, 9.17) is 105 Å². The van der Waals surface area contributed by atoms with Crippen molar-refractivity contribution in [3.63, 3.8) is 0 Å². The van der Waals surface area contributed by atoms with E-state index in [0.717, 1.165) is 30.9 Å².